The van der Waals surface area contributed by atoms with Crippen LogP contribution in [0.15, 0.2) is 60.7 Å². The summed E-state index contributed by atoms with van der Waals surface area (Å²) < 4.78 is 0. The number of amides is 3. The van der Waals surface area contributed by atoms with Gasteiger partial charge in [-0.2, -0.15) is 0 Å². The minimum Gasteiger partial charge on any atom is -0.352 e. The van der Waals surface area contributed by atoms with E-state index in [1.54, 1.807) is 18.2 Å². The Labute approximate surface area is 158 Å². The second-order valence-corrected chi connectivity index (χ2v) is 5.84. The highest BCUT2D eigenvalue weighted by Crippen LogP contribution is 2.04. The van der Waals surface area contributed by atoms with Crippen molar-refractivity contribution >= 4 is 23.8 Å². The van der Waals surface area contributed by atoms with Crippen molar-refractivity contribution in [1.29, 1.82) is 0 Å². The van der Waals surface area contributed by atoms with Gasteiger partial charge in [0.2, 0.25) is 11.8 Å². The Morgan fingerprint density at radius 2 is 1.63 bits per heavy atom. The molecular weight excluding hydrogens is 342 g/mol. The van der Waals surface area contributed by atoms with Crippen molar-refractivity contribution < 1.29 is 14.4 Å². The molecule has 0 aliphatic carbocycles. The Morgan fingerprint density at radius 3 is 2.30 bits per heavy atom. The number of carbonyl (C=O) groups is 3. The lowest BCUT2D eigenvalue weighted by atomic mass is 10.1. The molecule has 0 bridgehead atoms. The van der Waals surface area contributed by atoms with Gasteiger partial charge >= 0.3 is 0 Å². The number of carbonyl (C=O) groups excluding carboxylic acids is 3. The number of aryl methyl sites for hydroxylation is 1. The summed E-state index contributed by atoms with van der Waals surface area (Å²) in [5.41, 5.74) is 7.20. The molecule has 2 aromatic carbocycles. The van der Waals surface area contributed by atoms with Crippen LogP contribution in [-0.2, 0) is 16.0 Å². The van der Waals surface area contributed by atoms with Gasteiger partial charge in [-0.25, -0.2) is 0 Å². The summed E-state index contributed by atoms with van der Waals surface area (Å²) in [6, 6.07) is 16.6. The minimum absolute atomic E-state index is 0.0555. The maximum absolute atomic E-state index is 11.9. The largest absolute Gasteiger partial charge is 0.352 e. The third-order valence-corrected chi connectivity index (χ3v) is 3.82. The summed E-state index contributed by atoms with van der Waals surface area (Å²) in [6.45, 7) is 2.20. The third-order valence-electron chi connectivity index (χ3n) is 3.82. The van der Waals surface area contributed by atoms with E-state index in [1.807, 2.05) is 49.4 Å². The number of rotatable bonds is 7. The van der Waals surface area contributed by atoms with E-state index in [0.717, 1.165) is 17.5 Å². The molecule has 6 nitrogen and oxygen atoms in total. The van der Waals surface area contributed by atoms with Crippen LogP contribution >= 0.6 is 0 Å². The molecular formula is C21H23N3O3. The van der Waals surface area contributed by atoms with Gasteiger partial charge in [0.05, 0.1) is 0 Å². The lowest BCUT2D eigenvalue weighted by Crippen LogP contribution is -2.42. The average Bonchev–Trinajstić information content (AvgIpc) is 2.71. The number of hydrogen-bond acceptors (Lipinski definition) is 3. The molecule has 140 valence electrons. The molecule has 0 fully saturated rings. The van der Waals surface area contributed by atoms with E-state index in [9.17, 15) is 14.4 Å². The molecule has 0 saturated heterocycles. The van der Waals surface area contributed by atoms with Crippen LogP contribution in [0.2, 0.25) is 0 Å². The van der Waals surface area contributed by atoms with Gasteiger partial charge in [0, 0.05) is 24.6 Å². The number of benzene rings is 2. The summed E-state index contributed by atoms with van der Waals surface area (Å²) in [5.74, 6) is -1.06. The molecule has 0 atom stereocenters. The summed E-state index contributed by atoms with van der Waals surface area (Å²) >= 11 is 0. The molecule has 0 heterocycles. The van der Waals surface area contributed by atoms with Crippen LogP contribution in [0.4, 0.5) is 0 Å². The van der Waals surface area contributed by atoms with Gasteiger partial charge in [-0.3, -0.25) is 25.2 Å². The van der Waals surface area contributed by atoms with Gasteiger partial charge in [0.1, 0.15) is 0 Å². The van der Waals surface area contributed by atoms with Crippen LogP contribution in [0.1, 0.15) is 34.8 Å². The summed E-state index contributed by atoms with van der Waals surface area (Å²) in [4.78, 5) is 35.4. The molecule has 0 radical (unpaired) electrons. The number of nitrogens with one attached hydrogen (secondary N) is 3. The topological polar surface area (TPSA) is 87.3 Å². The van der Waals surface area contributed by atoms with Gasteiger partial charge in [0.15, 0.2) is 0 Å². The molecule has 0 aliphatic rings. The van der Waals surface area contributed by atoms with Gasteiger partial charge < -0.3 is 5.32 Å². The zero-order valence-electron chi connectivity index (χ0n) is 15.2. The predicted octanol–water partition coefficient (Wildman–Crippen LogP) is 2.23. The van der Waals surface area contributed by atoms with E-state index in [-0.39, 0.29) is 30.7 Å². The highest BCUT2D eigenvalue weighted by Gasteiger charge is 2.07. The van der Waals surface area contributed by atoms with Crippen LogP contribution in [0.3, 0.4) is 0 Å². The van der Waals surface area contributed by atoms with Crippen LogP contribution in [-0.4, -0.2) is 24.3 Å². The smallest absolute Gasteiger partial charge is 0.269 e. The number of hydrazine groups is 1. The molecule has 0 saturated carbocycles. The standard InChI is InChI=1S/C21H23N3O3/c1-2-16-8-11-18(12-9-16)21(27)24-23-20(26)14-15-22-19(25)13-10-17-6-4-3-5-7-17/h3-13H,2,14-15H2,1H3,(H,22,25)(H,23,26)(H,24,27)/b13-10+. The van der Waals surface area contributed by atoms with Gasteiger partial charge in [-0.1, -0.05) is 49.4 Å². The van der Waals surface area contributed by atoms with E-state index in [2.05, 4.69) is 16.2 Å². The summed E-state index contributed by atoms with van der Waals surface area (Å²) in [7, 11) is 0. The Bertz CT molecular complexity index is 799. The molecule has 27 heavy (non-hydrogen) atoms. The highest BCUT2D eigenvalue weighted by molar-refractivity contribution is 5.95. The Kier molecular flexibility index (Phi) is 7.78. The predicted molar refractivity (Wildman–Crippen MR) is 105 cm³/mol. The molecule has 0 aliphatic heterocycles. The highest BCUT2D eigenvalue weighted by atomic mass is 16.2. The fourth-order valence-electron chi connectivity index (χ4n) is 2.25. The first-order chi connectivity index (χ1) is 13.1. The average molecular weight is 365 g/mol. The molecule has 2 aromatic rings. The van der Waals surface area contributed by atoms with Crippen LogP contribution in [0.5, 0.6) is 0 Å². The van der Waals surface area contributed by atoms with Crippen molar-refractivity contribution in [3.8, 4) is 0 Å². The van der Waals surface area contributed by atoms with E-state index in [4.69, 9.17) is 0 Å². The summed E-state index contributed by atoms with van der Waals surface area (Å²) in [6.07, 6.45) is 4.05. The zero-order valence-corrected chi connectivity index (χ0v) is 15.2. The van der Waals surface area contributed by atoms with Crippen molar-refractivity contribution in [3.63, 3.8) is 0 Å². The molecule has 0 unspecified atom stereocenters. The molecule has 6 heteroatoms. The molecule has 0 aromatic heterocycles. The monoisotopic (exact) mass is 365 g/mol. The molecule has 3 N–H and O–H groups in total. The van der Waals surface area contributed by atoms with Crippen molar-refractivity contribution in [2.24, 2.45) is 0 Å². The van der Waals surface area contributed by atoms with E-state index >= 15 is 0 Å². The first-order valence-electron chi connectivity index (χ1n) is 8.77. The molecule has 3 amide bonds. The maximum Gasteiger partial charge on any atom is 0.269 e. The van der Waals surface area contributed by atoms with Crippen molar-refractivity contribution in [2.75, 3.05) is 6.54 Å². The van der Waals surface area contributed by atoms with Crippen LogP contribution < -0.4 is 16.2 Å². The lowest BCUT2D eigenvalue weighted by molar-refractivity contribution is -0.122. The van der Waals surface area contributed by atoms with Crippen LogP contribution in [0.25, 0.3) is 6.08 Å². The van der Waals surface area contributed by atoms with Crippen molar-refractivity contribution in [2.45, 2.75) is 19.8 Å². The molecule has 2 rings (SSSR count). The first kappa shape index (κ1) is 19.9. The maximum atomic E-state index is 11.9. The second kappa shape index (κ2) is 10.6. The normalized spacial score (nSPS) is 10.4. The molecule has 0 spiro atoms. The first-order valence-corrected chi connectivity index (χ1v) is 8.77. The van der Waals surface area contributed by atoms with Crippen molar-refractivity contribution in [1.82, 2.24) is 16.2 Å². The minimum atomic E-state index is -0.388. The Balaban J connectivity index is 1.66. The number of hydrogen-bond donors (Lipinski definition) is 3. The Hall–Kier alpha value is -3.41. The van der Waals surface area contributed by atoms with E-state index < -0.39 is 0 Å². The fraction of sp³-hybridized carbons (Fsp3) is 0.190. The quantitative estimate of drug-likeness (QED) is 0.519. The lowest BCUT2D eigenvalue weighted by Gasteiger charge is -2.08. The zero-order chi connectivity index (χ0) is 19.5. The van der Waals surface area contributed by atoms with Crippen LogP contribution in [0, 0.1) is 0 Å². The van der Waals surface area contributed by atoms with E-state index in [0.29, 0.717) is 5.56 Å². The van der Waals surface area contributed by atoms with Gasteiger partial charge in [-0.15, -0.1) is 0 Å². The van der Waals surface area contributed by atoms with E-state index in [1.165, 1.54) is 6.08 Å². The SMILES string of the molecule is CCc1ccc(C(=O)NNC(=O)CCNC(=O)/C=C/c2ccccc2)cc1. The summed E-state index contributed by atoms with van der Waals surface area (Å²) in [5, 5.41) is 2.62. The fourth-order valence-corrected chi connectivity index (χ4v) is 2.25. The van der Waals surface area contributed by atoms with Gasteiger partial charge in [-0.05, 0) is 35.8 Å². The third kappa shape index (κ3) is 7.15. The Morgan fingerprint density at radius 1 is 0.926 bits per heavy atom. The van der Waals surface area contributed by atoms with Gasteiger partial charge in [0.25, 0.3) is 5.91 Å². The second-order valence-electron chi connectivity index (χ2n) is 5.84. The van der Waals surface area contributed by atoms with Crippen molar-refractivity contribution in [3.05, 3.63) is 77.4 Å².